The van der Waals surface area contributed by atoms with Gasteiger partial charge in [-0.15, -0.1) is 0 Å². The van der Waals surface area contributed by atoms with Crippen LogP contribution in [0.5, 0.6) is 5.75 Å². The van der Waals surface area contributed by atoms with Crippen molar-refractivity contribution in [1.82, 2.24) is 15.6 Å². The predicted molar refractivity (Wildman–Crippen MR) is 104 cm³/mol. The molecule has 1 saturated heterocycles. The minimum absolute atomic E-state index is 0.0153. The number of hydrogen-bond donors (Lipinski definition) is 2. The van der Waals surface area contributed by atoms with Crippen LogP contribution in [-0.2, 0) is 11.3 Å². The van der Waals surface area contributed by atoms with Crippen molar-refractivity contribution in [3.63, 3.8) is 0 Å². The Kier molecular flexibility index (Phi) is 6.79. The molecule has 1 aliphatic heterocycles. The minimum atomic E-state index is -0.0692. The van der Waals surface area contributed by atoms with Crippen LogP contribution in [0.1, 0.15) is 28.9 Å². The molecule has 6 heteroatoms. The fraction of sp³-hybridized carbons (Fsp3) is 0.429. The summed E-state index contributed by atoms with van der Waals surface area (Å²) in [5, 5.41) is 6.43. The minimum Gasteiger partial charge on any atom is -0.487 e. The molecule has 6 nitrogen and oxygen atoms in total. The summed E-state index contributed by atoms with van der Waals surface area (Å²) in [7, 11) is 1.72. The molecule has 3 rings (SSSR count). The Hall–Kier alpha value is -2.44. The molecular weight excluding hydrogens is 342 g/mol. The summed E-state index contributed by atoms with van der Waals surface area (Å²) in [5.41, 5.74) is 1.51. The topological polar surface area (TPSA) is 72.5 Å². The number of carbonyl (C=O) groups excluding carboxylic acids is 1. The molecule has 0 bridgehead atoms. The highest BCUT2D eigenvalue weighted by molar-refractivity contribution is 5.94. The third kappa shape index (κ3) is 5.52. The van der Waals surface area contributed by atoms with Crippen molar-refractivity contribution in [3.05, 3.63) is 59.9 Å². The number of ether oxygens (including phenoxy) is 2. The highest BCUT2D eigenvalue weighted by Crippen LogP contribution is 2.28. The van der Waals surface area contributed by atoms with Gasteiger partial charge in [0.1, 0.15) is 12.4 Å². The van der Waals surface area contributed by atoms with Crippen LogP contribution in [-0.4, -0.2) is 44.2 Å². The Morgan fingerprint density at radius 1 is 1.19 bits per heavy atom. The molecule has 27 heavy (non-hydrogen) atoms. The number of methoxy groups -OCH3 is 1. The largest absolute Gasteiger partial charge is 0.487 e. The van der Waals surface area contributed by atoms with E-state index in [1.54, 1.807) is 25.4 Å². The first kappa shape index (κ1) is 19.3. The number of piperidine rings is 1. The van der Waals surface area contributed by atoms with Gasteiger partial charge in [-0.05, 0) is 62.3 Å². The molecule has 0 aliphatic carbocycles. The summed E-state index contributed by atoms with van der Waals surface area (Å²) in [5.74, 6) is 0.645. The first-order valence-electron chi connectivity index (χ1n) is 9.31. The zero-order valence-corrected chi connectivity index (χ0v) is 15.7. The molecule has 2 N–H and O–H groups in total. The van der Waals surface area contributed by atoms with E-state index in [2.05, 4.69) is 15.6 Å². The van der Waals surface area contributed by atoms with E-state index in [4.69, 9.17) is 9.47 Å². The zero-order valence-electron chi connectivity index (χ0n) is 15.7. The Bertz CT molecular complexity index is 708. The SMILES string of the molecule is COCC1(CNC(=O)c2ccc(OCc3ccccn3)cc2)CCNCC1. The lowest BCUT2D eigenvalue weighted by Crippen LogP contribution is -2.47. The van der Waals surface area contributed by atoms with Gasteiger partial charge in [0.15, 0.2) is 0 Å². The molecule has 1 aromatic carbocycles. The molecule has 2 aromatic rings. The van der Waals surface area contributed by atoms with E-state index in [1.165, 1.54) is 0 Å². The van der Waals surface area contributed by atoms with Crippen LogP contribution >= 0.6 is 0 Å². The maximum Gasteiger partial charge on any atom is 0.251 e. The van der Waals surface area contributed by atoms with E-state index in [0.29, 0.717) is 31.1 Å². The second kappa shape index (κ2) is 9.48. The number of nitrogens with zero attached hydrogens (tertiary/aromatic N) is 1. The van der Waals surface area contributed by atoms with Gasteiger partial charge < -0.3 is 20.1 Å². The van der Waals surface area contributed by atoms with Crippen LogP contribution in [0, 0.1) is 5.41 Å². The fourth-order valence-electron chi connectivity index (χ4n) is 3.35. The number of aromatic nitrogens is 1. The van der Waals surface area contributed by atoms with Gasteiger partial charge in [-0.25, -0.2) is 0 Å². The molecule has 0 spiro atoms. The number of hydrogen-bond acceptors (Lipinski definition) is 5. The molecule has 144 valence electrons. The Morgan fingerprint density at radius 3 is 2.63 bits per heavy atom. The van der Waals surface area contributed by atoms with Gasteiger partial charge in [-0.3, -0.25) is 9.78 Å². The van der Waals surface area contributed by atoms with E-state index in [-0.39, 0.29) is 11.3 Å². The molecule has 0 radical (unpaired) electrons. The lowest BCUT2D eigenvalue weighted by atomic mass is 9.79. The number of carbonyl (C=O) groups is 1. The number of rotatable bonds is 8. The van der Waals surface area contributed by atoms with Gasteiger partial charge in [0, 0.05) is 30.8 Å². The van der Waals surface area contributed by atoms with Crippen LogP contribution in [0.4, 0.5) is 0 Å². The molecular formula is C21H27N3O3. The first-order valence-corrected chi connectivity index (χ1v) is 9.31. The monoisotopic (exact) mass is 369 g/mol. The van der Waals surface area contributed by atoms with Crippen LogP contribution in [0.2, 0.25) is 0 Å². The Morgan fingerprint density at radius 2 is 1.96 bits per heavy atom. The highest BCUT2D eigenvalue weighted by Gasteiger charge is 2.32. The Labute approximate surface area is 160 Å². The third-order valence-electron chi connectivity index (χ3n) is 4.97. The van der Waals surface area contributed by atoms with Crippen LogP contribution in [0.25, 0.3) is 0 Å². The van der Waals surface area contributed by atoms with Crippen LogP contribution in [0.3, 0.4) is 0 Å². The maximum atomic E-state index is 12.5. The van der Waals surface area contributed by atoms with Crippen LogP contribution < -0.4 is 15.4 Å². The number of pyridine rings is 1. The standard InChI is InChI=1S/C21H27N3O3/c1-26-16-21(9-12-22-13-10-21)15-24-20(25)17-5-7-19(8-6-17)27-14-18-4-2-3-11-23-18/h2-8,11,22H,9-10,12-16H2,1H3,(H,24,25). The van der Waals surface area contributed by atoms with Gasteiger partial charge in [0.25, 0.3) is 5.91 Å². The summed E-state index contributed by atoms with van der Waals surface area (Å²) in [6, 6.07) is 12.9. The van der Waals surface area contributed by atoms with Gasteiger partial charge in [-0.2, -0.15) is 0 Å². The van der Waals surface area contributed by atoms with Crippen molar-refractivity contribution in [1.29, 1.82) is 0 Å². The normalized spacial score (nSPS) is 15.9. The lowest BCUT2D eigenvalue weighted by Gasteiger charge is -2.37. The summed E-state index contributed by atoms with van der Waals surface area (Å²) in [6.45, 7) is 3.61. The van der Waals surface area contributed by atoms with E-state index < -0.39 is 0 Å². The lowest BCUT2D eigenvalue weighted by molar-refractivity contribution is 0.0512. The second-order valence-electron chi connectivity index (χ2n) is 7.00. The summed E-state index contributed by atoms with van der Waals surface area (Å²) < 4.78 is 11.1. The molecule has 0 atom stereocenters. The summed E-state index contributed by atoms with van der Waals surface area (Å²) in [6.07, 6.45) is 3.74. The van der Waals surface area contributed by atoms with E-state index in [9.17, 15) is 4.79 Å². The Balaban J connectivity index is 1.52. The molecule has 1 amide bonds. The van der Waals surface area contributed by atoms with Crippen molar-refractivity contribution < 1.29 is 14.3 Å². The smallest absolute Gasteiger partial charge is 0.251 e. The fourth-order valence-corrected chi connectivity index (χ4v) is 3.35. The van der Waals surface area contributed by atoms with Crippen molar-refractivity contribution >= 4 is 5.91 Å². The van der Waals surface area contributed by atoms with Crippen molar-refractivity contribution in [2.75, 3.05) is 33.4 Å². The highest BCUT2D eigenvalue weighted by atomic mass is 16.5. The summed E-state index contributed by atoms with van der Waals surface area (Å²) in [4.78, 5) is 16.7. The molecule has 1 aliphatic rings. The number of benzene rings is 1. The van der Waals surface area contributed by atoms with Crippen molar-refractivity contribution in [3.8, 4) is 5.75 Å². The molecule has 1 fully saturated rings. The van der Waals surface area contributed by atoms with Crippen LogP contribution in [0.15, 0.2) is 48.7 Å². The van der Waals surface area contributed by atoms with Crippen molar-refractivity contribution in [2.24, 2.45) is 5.41 Å². The van der Waals surface area contributed by atoms with E-state index in [1.807, 2.05) is 30.3 Å². The third-order valence-corrected chi connectivity index (χ3v) is 4.97. The maximum absolute atomic E-state index is 12.5. The van der Waals surface area contributed by atoms with Gasteiger partial charge >= 0.3 is 0 Å². The second-order valence-corrected chi connectivity index (χ2v) is 7.00. The first-order chi connectivity index (χ1) is 13.2. The summed E-state index contributed by atoms with van der Waals surface area (Å²) >= 11 is 0. The predicted octanol–water partition coefficient (Wildman–Crippen LogP) is 2.41. The van der Waals surface area contributed by atoms with E-state index >= 15 is 0 Å². The molecule has 2 heterocycles. The van der Waals surface area contributed by atoms with Crippen molar-refractivity contribution in [2.45, 2.75) is 19.4 Å². The molecule has 0 saturated carbocycles. The quantitative estimate of drug-likeness (QED) is 0.748. The molecule has 0 unspecified atom stereocenters. The van der Waals surface area contributed by atoms with Gasteiger partial charge in [0.05, 0.1) is 12.3 Å². The van der Waals surface area contributed by atoms with Gasteiger partial charge in [-0.1, -0.05) is 6.07 Å². The zero-order chi connectivity index (χ0) is 19.0. The number of nitrogens with one attached hydrogen (secondary N) is 2. The van der Waals surface area contributed by atoms with E-state index in [0.717, 1.165) is 31.6 Å². The average molecular weight is 369 g/mol. The average Bonchev–Trinajstić information content (AvgIpc) is 2.73. The molecule has 1 aromatic heterocycles. The number of amides is 1. The van der Waals surface area contributed by atoms with Gasteiger partial charge in [0.2, 0.25) is 0 Å².